The average molecular weight is 291 g/mol. The van der Waals surface area contributed by atoms with Crippen LogP contribution in [0, 0.1) is 6.92 Å². The van der Waals surface area contributed by atoms with E-state index in [0.717, 1.165) is 5.69 Å². The smallest absolute Gasteiger partial charge is 0.343 e. The van der Waals surface area contributed by atoms with Crippen LogP contribution in [0.25, 0.3) is 0 Å². The van der Waals surface area contributed by atoms with Crippen molar-refractivity contribution in [1.82, 2.24) is 19.6 Å². The second-order valence-electron chi connectivity index (χ2n) is 4.45. The molecule has 0 spiro atoms. The van der Waals surface area contributed by atoms with Crippen LogP contribution in [0.4, 0.5) is 5.82 Å². The molecular formula is C13H17N5O3. The molecule has 0 aliphatic carbocycles. The van der Waals surface area contributed by atoms with Crippen molar-refractivity contribution in [1.29, 1.82) is 0 Å². The third kappa shape index (κ3) is 3.47. The number of esters is 1. The normalized spacial score (nSPS) is 10.4. The lowest BCUT2D eigenvalue weighted by Crippen LogP contribution is -2.22. The molecule has 8 heteroatoms. The van der Waals surface area contributed by atoms with E-state index in [4.69, 9.17) is 4.74 Å². The highest BCUT2D eigenvalue weighted by molar-refractivity contribution is 6.00. The van der Waals surface area contributed by atoms with Gasteiger partial charge < -0.3 is 10.1 Å². The second-order valence-corrected chi connectivity index (χ2v) is 4.45. The Balaban J connectivity index is 2.10. The number of anilines is 1. The van der Waals surface area contributed by atoms with Gasteiger partial charge in [-0.15, -0.1) is 0 Å². The predicted molar refractivity (Wildman–Crippen MR) is 74.8 cm³/mol. The first kappa shape index (κ1) is 14.8. The molecule has 0 saturated carbocycles. The summed E-state index contributed by atoms with van der Waals surface area (Å²) in [5.74, 6) is -0.509. The Morgan fingerprint density at radius 3 is 2.81 bits per heavy atom. The maximum absolute atomic E-state index is 12.0. The van der Waals surface area contributed by atoms with Crippen LogP contribution in [0.3, 0.4) is 0 Å². The highest BCUT2D eigenvalue weighted by Crippen LogP contribution is 2.15. The van der Waals surface area contributed by atoms with E-state index in [9.17, 15) is 9.59 Å². The topological polar surface area (TPSA) is 91.0 Å². The molecule has 0 bridgehead atoms. The number of carbonyl (C=O) groups is 2. The lowest BCUT2D eigenvalue weighted by Gasteiger charge is -2.08. The van der Waals surface area contributed by atoms with Gasteiger partial charge >= 0.3 is 5.97 Å². The van der Waals surface area contributed by atoms with Crippen molar-refractivity contribution < 1.29 is 14.3 Å². The standard InChI is InChI=1S/C13H17N5O3/c1-4-21-13(20)10-7-14-17(3)12(10)15-11(19)8-18-6-5-9(2)16-18/h5-7H,4,8H2,1-3H3,(H,15,19). The molecule has 0 aliphatic rings. The third-order valence-electron chi connectivity index (χ3n) is 2.77. The van der Waals surface area contributed by atoms with Gasteiger partial charge in [-0.05, 0) is 19.9 Å². The van der Waals surface area contributed by atoms with Crippen molar-refractivity contribution in [2.45, 2.75) is 20.4 Å². The van der Waals surface area contributed by atoms with Crippen LogP contribution in [0.1, 0.15) is 23.0 Å². The summed E-state index contributed by atoms with van der Waals surface area (Å²) in [6.07, 6.45) is 3.08. The number of aryl methyl sites for hydroxylation is 2. The molecule has 0 atom stereocenters. The zero-order chi connectivity index (χ0) is 15.4. The molecule has 0 aromatic carbocycles. The molecule has 1 amide bonds. The van der Waals surface area contributed by atoms with E-state index in [0.29, 0.717) is 5.82 Å². The van der Waals surface area contributed by atoms with Crippen LogP contribution in [-0.2, 0) is 23.1 Å². The van der Waals surface area contributed by atoms with Crippen molar-refractivity contribution in [3.05, 3.63) is 29.7 Å². The maximum Gasteiger partial charge on any atom is 0.343 e. The Kier molecular flexibility index (Phi) is 4.36. The van der Waals surface area contributed by atoms with E-state index in [2.05, 4.69) is 15.5 Å². The van der Waals surface area contributed by atoms with Crippen LogP contribution in [0.5, 0.6) is 0 Å². The van der Waals surface area contributed by atoms with Gasteiger partial charge in [0.15, 0.2) is 0 Å². The summed E-state index contributed by atoms with van der Waals surface area (Å²) < 4.78 is 7.86. The molecule has 2 aromatic heterocycles. The minimum atomic E-state index is -0.518. The Morgan fingerprint density at radius 1 is 1.43 bits per heavy atom. The molecule has 0 fully saturated rings. The van der Waals surface area contributed by atoms with E-state index in [1.807, 2.05) is 6.92 Å². The van der Waals surface area contributed by atoms with Gasteiger partial charge in [0, 0.05) is 13.2 Å². The molecule has 0 radical (unpaired) electrons. The van der Waals surface area contributed by atoms with E-state index in [1.54, 1.807) is 26.2 Å². The summed E-state index contributed by atoms with van der Waals surface area (Å²) >= 11 is 0. The molecular weight excluding hydrogens is 274 g/mol. The molecule has 21 heavy (non-hydrogen) atoms. The van der Waals surface area contributed by atoms with E-state index >= 15 is 0 Å². The van der Waals surface area contributed by atoms with Crippen molar-refractivity contribution in [3.63, 3.8) is 0 Å². The molecule has 2 heterocycles. The number of rotatable bonds is 5. The fourth-order valence-corrected chi connectivity index (χ4v) is 1.81. The maximum atomic E-state index is 12.0. The van der Waals surface area contributed by atoms with Gasteiger partial charge in [0.2, 0.25) is 5.91 Å². The summed E-state index contributed by atoms with van der Waals surface area (Å²) in [4.78, 5) is 23.8. The average Bonchev–Trinajstić information content (AvgIpc) is 2.97. The fourth-order valence-electron chi connectivity index (χ4n) is 1.81. The Morgan fingerprint density at radius 2 is 2.19 bits per heavy atom. The molecule has 112 valence electrons. The van der Waals surface area contributed by atoms with Crippen molar-refractivity contribution in [2.75, 3.05) is 11.9 Å². The van der Waals surface area contributed by atoms with Crippen molar-refractivity contribution in [3.8, 4) is 0 Å². The van der Waals surface area contributed by atoms with Gasteiger partial charge in [-0.2, -0.15) is 10.2 Å². The highest BCUT2D eigenvalue weighted by Gasteiger charge is 2.19. The number of ether oxygens (including phenoxy) is 1. The van der Waals surface area contributed by atoms with Gasteiger partial charge in [0.05, 0.1) is 18.5 Å². The van der Waals surface area contributed by atoms with Crippen LogP contribution < -0.4 is 5.32 Å². The van der Waals surface area contributed by atoms with Crippen molar-refractivity contribution >= 4 is 17.7 Å². The van der Waals surface area contributed by atoms with Crippen LogP contribution in [0.15, 0.2) is 18.5 Å². The van der Waals surface area contributed by atoms with Gasteiger partial charge in [-0.3, -0.25) is 14.2 Å². The summed E-state index contributed by atoms with van der Waals surface area (Å²) in [5, 5.41) is 10.7. The molecule has 0 unspecified atom stereocenters. The van der Waals surface area contributed by atoms with Crippen LogP contribution in [0.2, 0.25) is 0 Å². The first-order valence-corrected chi connectivity index (χ1v) is 6.50. The number of aromatic nitrogens is 4. The van der Waals surface area contributed by atoms with E-state index < -0.39 is 5.97 Å². The number of hydrogen-bond donors (Lipinski definition) is 1. The largest absolute Gasteiger partial charge is 0.462 e. The fraction of sp³-hybridized carbons (Fsp3) is 0.385. The van der Waals surface area contributed by atoms with Crippen LogP contribution in [-0.4, -0.2) is 38.0 Å². The predicted octanol–water partition coefficient (Wildman–Crippen LogP) is 0.740. The summed E-state index contributed by atoms with van der Waals surface area (Å²) in [6.45, 7) is 3.87. The van der Waals surface area contributed by atoms with E-state index in [-0.39, 0.29) is 24.6 Å². The minimum absolute atomic E-state index is 0.0568. The SMILES string of the molecule is CCOC(=O)c1cnn(C)c1NC(=O)Cn1ccc(C)n1. The Labute approximate surface area is 121 Å². The number of hydrogen-bond acceptors (Lipinski definition) is 5. The quantitative estimate of drug-likeness (QED) is 0.820. The third-order valence-corrected chi connectivity index (χ3v) is 2.77. The Hall–Kier alpha value is -2.64. The summed E-state index contributed by atoms with van der Waals surface area (Å²) in [6, 6.07) is 1.81. The van der Waals surface area contributed by atoms with Crippen molar-refractivity contribution in [2.24, 2.45) is 7.05 Å². The lowest BCUT2D eigenvalue weighted by atomic mass is 10.3. The van der Waals surface area contributed by atoms with Gasteiger partial charge in [0.1, 0.15) is 17.9 Å². The lowest BCUT2D eigenvalue weighted by molar-refractivity contribution is -0.116. The first-order chi connectivity index (χ1) is 10.0. The van der Waals surface area contributed by atoms with Gasteiger partial charge in [0.25, 0.3) is 0 Å². The number of carbonyl (C=O) groups excluding carboxylic acids is 2. The van der Waals surface area contributed by atoms with E-state index in [1.165, 1.54) is 15.6 Å². The highest BCUT2D eigenvalue weighted by atomic mass is 16.5. The summed E-state index contributed by atoms with van der Waals surface area (Å²) in [5.41, 5.74) is 1.06. The zero-order valence-corrected chi connectivity index (χ0v) is 12.2. The zero-order valence-electron chi connectivity index (χ0n) is 12.2. The van der Waals surface area contributed by atoms with Gasteiger partial charge in [-0.1, -0.05) is 0 Å². The second kappa shape index (κ2) is 6.21. The number of amides is 1. The molecule has 0 saturated heterocycles. The first-order valence-electron chi connectivity index (χ1n) is 6.50. The number of nitrogens with zero attached hydrogens (tertiary/aromatic N) is 4. The van der Waals surface area contributed by atoms with Crippen LogP contribution >= 0.6 is 0 Å². The molecule has 8 nitrogen and oxygen atoms in total. The Bertz CT molecular complexity index is 659. The minimum Gasteiger partial charge on any atom is -0.462 e. The molecule has 0 aliphatic heterocycles. The van der Waals surface area contributed by atoms with Gasteiger partial charge in [-0.25, -0.2) is 4.79 Å². The molecule has 2 aromatic rings. The summed E-state index contributed by atoms with van der Waals surface area (Å²) in [7, 11) is 1.64. The molecule has 2 rings (SSSR count). The monoisotopic (exact) mass is 291 g/mol. The number of nitrogens with one attached hydrogen (secondary N) is 1. The molecule has 1 N–H and O–H groups in total.